The molecule has 4 heterocycles. The van der Waals surface area contributed by atoms with Gasteiger partial charge in [0, 0.05) is 24.2 Å². The van der Waals surface area contributed by atoms with E-state index in [0.29, 0.717) is 42.5 Å². The lowest BCUT2D eigenvalue weighted by Gasteiger charge is -2.23. The number of thiophene rings is 1. The van der Waals surface area contributed by atoms with Crippen LogP contribution in [0.5, 0.6) is 0 Å². The van der Waals surface area contributed by atoms with Crippen LogP contribution >= 0.6 is 11.3 Å². The van der Waals surface area contributed by atoms with Gasteiger partial charge in [0.05, 0.1) is 37.2 Å². The highest BCUT2D eigenvalue weighted by Crippen LogP contribution is 2.29. The average molecular weight is 606 g/mol. The first-order valence-corrected chi connectivity index (χ1v) is 16.2. The van der Waals surface area contributed by atoms with Gasteiger partial charge in [-0.3, -0.25) is 4.72 Å². The van der Waals surface area contributed by atoms with E-state index in [1.54, 1.807) is 12.1 Å². The molecule has 0 bridgehead atoms. The van der Waals surface area contributed by atoms with Crippen molar-refractivity contribution < 1.29 is 22.7 Å². The molecule has 218 valence electrons. The minimum atomic E-state index is -3.66. The predicted octanol–water partition coefficient (Wildman–Crippen LogP) is 3.85. The first-order chi connectivity index (χ1) is 20.4. The maximum absolute atomic E-state index is 13.4. The number of esters is 1. The van der Waals surface area contributed by atoms with Crippen LogP contribution in [0.3, 0.4) is 0 Å². The first kappa shape index (κ1) is 28.3. The van der Waals surface area contributed by atoms with Crippen LogP contribution in [-0.4, -0.2) is 56.3 Å². The summed E-state index contributed by atoms with van der Waals surface area (Å²) in [7, 11) is -3.66. The number of anilines is 1. The molecule has 4 N–H and O–H groups in total. The molecule has 1 aliphatic heterocycles. The Labute approximate surface area is 247 Å². The minimum Gasteiger partial charge on any atom is -0.459 e. The molecule has 1 atom stereocenters. The molecule has 5 aromatic rings. The molecule has 0 saturated carbocycles. The SMILES string of the molecule is NCc1ccc2cc(C(=O)OC[C@H]3COCCN3)n(Cc3cc(NS(=O)(=O)Cc4ccsc4)cc4ccccc34)c2n1. The summed E-state index contributed by atoms with van der Waals surface area (Å²) in [4.78, 5) is 18.2. The predicted molar refractivity (Wildman–Crippen MR) is 164 cm³/mol. The van der Waals surface area contributed by atoms with Crippen molar-refractivity contribution in [3.8, 4) is 0 Å². The number of sulfonamides is 1. The lowest BCUT2D eigenvalue weighted by Crippen LogP contribution is -2.44. The zero-order valence-corrected chi connectivity index (χ0v) is 24.4. The number of fused-ring (bicyclic) bond motifs is 2. The van der Waals surface area contributed by atoms with E-state index in [9.17, 15) is 13.2 Å². The largest absolute Gasteiger partial charge is 0.459 e. The van der Waals surface area contributed by atoms with Gasteiger partial charge in [-0.15, -0.1) is 0 Å². The summed E-state index contributed by atoms with van der Waals surface area (Å²) in [5, 5.41) is 9.53. The third-order valence-electron chi connectivity index (χ3n) is 7.12. The van der Waals surface area contributed by atoms with Gasteiger partial charge >= 0.3 is 5.97 Å². The van der Waals surface area contributed by atoms with E-state index in [0.717, 1.165) is 27.3 Å². The smallest absolute Gasteiger partial charge is 0.355 e. The number of nitrogens with two attached hydrogens (primary N) is 1. The van der Waals surface area contributed by atoms with E-state index in [2.05, 4.69) is 10.0 Å². The van der Waals surface area contributed by atoms with Gasteiger partial charge in [-0.1, -0.05) is 24.3 Å². The van der Waals surface area contributed by atoms with Crippen molar-refractivity contribution in [2.45, 2.75) is 24.9 Å². The van der Waals surface area contributed by atoms with E-state index in [-0.39, 0.29) is 31.5 Å². The second-order valence-electron chi connectivity index (χ2n) is 10.2. The Morgan fingerprint density at radius 3 is 2.83 bits per heavy atom. The summed E-state index contributed by atoms with van der Waals surface area (Å²) in [6.07, 6.45) is 0. The zero-order chi connectivity index (χ0) is 29.1. The van der Waals surface area contributed by atoms with Crippen LogP contribution in [-0.2, 0) is 38.3 Å². The van der Waals surface area contributed by atoms with Gasteiger partial charge < -0.3 is 25.1 Å². The van der Waals surface area contributed by atoms with Crippen molar-refractivity contribution in [3.63, 3.8) is 0 Å². The molecule has 1 fully saturated rings. The number of rotatable bonds is 10. The molecular weight excluding hydrogens is 574 g/mol. The van der Waals surface area contributed by atoms with Crippen molar-refractivity contribution >= 4 is 54.8 Å². The second-order valence-corrected chi connectivity index (χ2v) is 12.7. The van der Waals surface area contributed by atoms with Crippen molar-refractivity contribution in [2.75, 3.05) is 31.1 Å². The van der Waals surface area contributed by atoms with E-state index in [1.165, 1.54) is 11.3 Å². The molecule has 12 heteroatoms. The van der Waals surface area contributed by atoms with Gasteiger partial charge in [0.25, 0.3) is 0 Å². The molecule has 1 aliphatic rings. The number of ether oxygens (including phenoxy) is 2. The highest BCUT2D eigenvalue weighted by molar-refractivity contribution is 7.91. The number of hydrogen-bond donors (Lipinski definition) is 3. The lowest BCUT2D eigenvalue weighted by atomic mass is 10.0. The first-order valence-electron chi connectivity index (χ1n) is 13.6. The normalized spacial score (nSPS) is 15.7. The number of carbonyl (C=O) groups excluding carboxylic acids is 1. The molecule has 2 aromatic carbocycles. The summed E-state index contributed by atoms with van der Waals surface area (Å²) in [5.41, 5.74) is 9.50. The molecule has 10 nitrogen and oxygen atoms in total. The van der Waals surface area contributed by atoms with Gasteiger partial charge in [-0.2, -0.15) is 11.3 Å². The molecule has 1 saturated heterocycles. The summed E-state index contributed by atoms with van der Waals surface area (Å²) in [6, 6.07) is 18.6. The van der Waals surface area contributed by atoms with E-state index in [1.807, 2.05) is 63.9 Å². The quantitative estimate of drug-likeness (QED) is 0.204. The Bertz CT molecular complexity index is 1830. The maximum Gasteiger partial charge on any atom is 0.355 e. The fourth-order valence-electron chi connectivity index (χ4n) is 5.15. The van der Waals surface area contributed by atoms with Crippen LogP contribution in [0.4, 0.5) is 5.69 Å². The highest BCUT2D eigenvalue weighted by Gasteiger charge is 2.22. The number of pyridine rings is 1. The standard InChI is InChI=1S/C30H31N5O5S2/c31-14-24-6-5-22-13-28(30(36)40-17-26-16-39-9-8-32-26)35(29(22)33-24)15-23-12-25(11-21-3-1-2-4-27(21)23)34-42(37,38)19-20-7-10-41-18-20/h1-7,10-13,18,26,32,34H,8-9,14-17,19,31H2/t26-/m1/s1. The molecule has 0 unspecified atom stereocenters. The summed E-state index contributed by atoms with van der Waals surface area (Å²) in [6.45, 7) is 2.48. The van der Waals surface area contributed by atoms with Crippen LogP contribution < -0.4 is 15.8 Å². The highest BCUT2D eigenvalue weighted by atomic mass is 32.2. The number of morpholine rings is 1. The van der Waals surface area contributed by atoms with Gasteiger partial charge in [0.15, 0.2) is 0 Å². The van der Waals surface area contributed by atoms with E-state index >= 15 is 0 Å². The van der Waals surface area contributed by atoms with Gasteiger partial charge in [-0.25, -0.2) is 18.2 Å². The summed E-state index contributed by atoms with van der Waals surface area (Å²) >= 11 is 1.46. The number of aromatic nitrogens is 2. The van der Waals surface area contributed by atoms with Gasteiger partial charge in [0.1, 0.15) is 17.9 Å². The molecular formula is C30H31N5O5S2. The molecule has 0 aliphatic carbocycles. The number of benzene rings is 2. The molecule has 0 spiro atoms. The molecule has 0 amide bonds. The Morgan fingerprint density at radius 1 is 1.17 bits per heavy atom. The van der Waals surface area contributed by atoms with Crippen LogP contribution in [0.25, 0.3) is 21.8 Å². The maximum atomic E-state index is 13.4. The van der Waals surface area contributed by atoms with Crippen molar-refractivity contribution in [3.05, 3.63) is 93.9 Å². The summed E-state index contributed by atoms with van der Waals surface area (Å²) < 4.78 is 41.8. The molecule has 3 aromatic heterocycles. The van der Waals surface area contributed by atoms with E-state index in [4.69, 9.17) is 20.2 Å². The van der Waals surface area contributed by atoms with Crippen molar-refractivity contribution in [1.82, 2.24) is 14.9 Å². The Morgan fingerprint density at radius 2 is 2.05 bits per heavy atom. The molecule has 0 radical (unpaired) electrons. The van der Waals surface area contributed by atoms with Gasteiger partial charge in [-0.05, 0) is 69.1 Å². The topological polar surface area (TPSA) is 138 Å². The molecule has 6 rings (SSSR count). The van der Waals surface area contributed by atoms with Gasteiger partial charge in [0.2, 0.25) is 10.0 Å². The number of nitrogens with zero attached hydrogens (tertiary/aromatic N) is 2. The van der Waals surface area contributed by atoms with Crippen LogP contribution in [0.15, 0.2) is 71.4 Å². The third-order valence-corrected chi connectivity index (χ3v) is 9.11. The monoisotopic (exact) mass is 605 g/mol. The second kappa shape index (κ2) is 12.2. The third kappa shape index (κ3) is 6.32. The fourth-order valence-corrected chi connectivity index (χ4v) is 7.09. The number of nitrogens with one attached hydrogen (secondary N) is 2. The Kier molecular flexibility index (Phi) is 8.22. The number of carbonyl (C=O) groups is 1. The van der Waals surface area contributed by atoms with Crippen LogP contribution in [0.1, 0.15) is 27.3 Å². The number of hydrogen-bond acceptors (Lipinski definition) is 9. The summed E-state index contributed by atoms with van der Waals surface area (Å²) in [5.74, 6) is -0.601. The van der Waals surface area contributed by atoms with Crippen LogP contribution in [0.2, 0.25) is 0 Å². The van der Waals surface area contributed by atoms with Crippen molar-refractivity contribution in [2.24, 2.45) is 5.73 Å². The minimum absolute atomic E-state index is 0.0785. The Hall–Kier alpha value is -3.81. The Balaban J connectivity index is 1.37. The molecule has 42 heavy (non-hydrogen) atoms. The van der Waals surface area contributed by atoms with Crippen LogP contribution in [0, 0.1) is 0 Å². The fraction of sp³-hybridized carbons (Fsp3) is 0.267. The van der Waals surface area contributed by atoms with Crippen molar-refractivity contribution in [1.29, 1.82) is 0 Å². The average Bonchev–Trinajstić information content (AvgIpc) is 3.63. The lowest BCUT2D eigenvalue weighted by molar-refractivity contribution is 0.0234. The van der Waals surface area contributed by atoms with E-state index < -0.39 is 16.0 Å². The zero-order valence-electron chi connectivity index (χ0n) is 22.8.